The number of rotatable bonds is 7. The van der Waals surface area contributed by atoms with E-state index in [0.29, 0.717) is 54.0 Å². The highest BCUT2D eigenvalue weighted by molar-refractivity contribution is 14.1. The molecule has 0 saturated heterocycles. The molecule has 1 amide bonds. The third-order valence-corrected chi connectivity index (χ3v) is 7.39. The first kappa shape index (κ1) is 22.0. The summed E-state index contributed by atoms with van der Waals surface area (Å²) in [4.78, 5) is 38.5. The van der Waals surface area contributed by atoms with Gasteiger partial charge in [-0.1, -0.05) is 25.6 Å². The minimum Gasteiger partial charge on any atom is -0.382 e. The summed E-state index contributed by atoms with van der Waals surface area (Å²) >= 11 is 3.74. The van der Waals surface area contributed by atoms with Crippen LogP contribution in [0.1, 0.15) is 42.6 Å². The van der Waals surface area contributed by atoms with Crippen molar-refractivity contribution in [2.75, 3.05) is 12.3 Å². The molecular formula is C21H23IN6O2S. The van der Waals surface area contributed by atoms with Crippen molar-refractivity contribution in [3.05, 3.63) is 33.2 Å². The van der Waals surface area contributed by atoms with Gasteiger partial charge in [0.15, 0.2) is 27.9 Å². The Labute approximate surface area is 197 Å². The number of carbonyl (C=O) groups is 2. The fourth-order valence-corrected chi connectivity index (χ4v) is 5.27. The number of anilines is 1. The zero-order valence-corrected chi connectivity index (χ0v) is 20.3. The van der Waals surface area contributed by atoms with Crippen molar-refractivity contribution < 1.29 is 9.59 Å². The van der Waals surface area contributed by atoms with Crippen LogP contribution in [-0.2, 0) is 17.8 Å². The van der Waals surface area contributed by atoms with Gasteiger partial charge in [0.05, 0.1) is 0 Å². The molecule has 162 valence electrons. The highest BCUT2D eigenvalue weighted by Crippen LogP contribution is 2.37. The molecule has 1 aromatic carbocycles. The number of aromatic nitrogens is 4. The number of hydrogen-bond donors (Lipinski definition) is 2. The lowest BCUT2D eigenvalue weighted by Gasteiger charge is -2.11. The van der Waals surface area contributed by atoms with Crippen LogP contribution in [0.15, 0.2) is 28.5 Å². The first-order chi connectivity index (χ1) is 14.8. The largest absolute Gasteiger partial charge is 0.382 e. The molecule has 3 aromatic rings. The number of nitrogen functional groups attached to an aromatic ring is 1. The lowest BCUT2D eigenvalue weighted by molar-refractivity contribution is -0.121. The summed E-state index contributed by atoms with van der Waals surface area (Å²) < 4.78 is 2.96. The first-order valence-electron chi connectivity index (χ1n) is 10.1. The first-order valence-corrected chi connectivity index (χ1v) is 12.0. The number of Topliss-reactive ketones (excluding diaryl/α,β-unsaturated/α-hetero) is 1. The van der Waals surface area contributed by atoms with E-state index in [4.69, 9.17) is 5.73 Å². The van der Waals surface area contributed by atoms with Crippen molar-refractivity contribution in [1.29, 1.82) is 0 Å². The van der Waals surface area contributed by atoms with E-state index in [1.165, 1.54) is 18.1 Å². The molecule has 1 aliphatic rings. The number of amides is 1. The Balaban J connectivity index is 1.65. The fraction of sp³-hybridized carbons (Fsp3) is 0.381. The van der Waals surface area contributed by atoms with Crippen LogP contribution in [0.3, 0.4) is 0 Å². The SMILES string of the molecule is CC(C)CNC(=O)CCn1c(Sc2cc3c(cc2I)CCC3=O)nc2c(N)ncnc21. The topological polar surface area (TPSA) is 116 Å². The van der Waals surface area contributed by atoms with Crippen molar-refractivity contribution >= 4 is 63.0 Å². The average Bonchev–Trinajstić information content (AvgIpc) is 3.26. The maximum Gasteiger partial charge on any atom is 0.221 e. The standard InChI is InChI=1S/C21H23IN6O2S/c1-11(2)9-24-17(30)5-6-28-20-18(19(23)25-10-26-20)27-21(28)31-16-8-13-12(7-14(16)22)3-4-15(13)29/h7-8,10-11H,3-6,9H2,1-2H3,(H,24,30)(H2,23,25,26). The van der Waals surface area contributed by atoms with Crippen LogP contribution in [0.4, 0.5) is 5.82 Å². The van der Waals surface area contributed by atoms with E-state index in [-0.39, 0.29) is 11.7 Å². The second-order valence-corrected chi connectivity index (χ2v) is 10.1. The molecule has 8 nitrogen and oxygen atoms in total. The lowest BCUT2D eigenvalue weighted by atomic mass is 10.1. The average molecular weight is 550 g/mol. The summed E-state index contributed by atoms with van der Waals surface area (Å²) in [6.45, 7) is 5.17. The Morgan fingerprint density at radius 1 is 1.32 bits per heavy atom. The molecule has 31 heavy (non-hydrogen) atoms. The quantitative estimate of drug-likeness (QED) is 0.433. The molecule has 0 radical (unpaired) electrons. The van der Waals surface area contributed by atoms with E-state index >= 15 is 0 Å². The summed E-state index contributed by atoms with van der Waals surface area (Å²) in [5.41, 5.74) is 9.03. The Kier molecular flexibility index (Phi) is 6.47. The van der Waals surface area contributed by atoms with E-state index in [9.17, 15) is 9.59 Å². The Bertz CT molecular complexity index is 1180. The van der Waals surface area contributed by atoms with Gasteiger partial charge >= 0.3 is 0 Å². The summed E-state index contributed by atoms with van der Waals surface area (Å²) in [5.74, 6) is 0.847. The maximum atomic E-state index is 12.3. The number of hydrogen-bond acceptors (Lipinski definition) is 7. The summed E-state index contributed by atoms with van der Waals surface area (Å²) in [7, 11) is 0. The van der Waals surface area contributed by atoms with Gasteiger partial charge in [-0.2, -0.15) is 0 Å². The van der Waals surface area contributed by atoms with Gasteiger partial charge < -0.3 is 15.6 Å². The minimum absolute atomic E-state index is 0.0220. The van der Waals surface area contributed by atoms with Gasteiger partial charge in [0.2, 0.25) is 5.91 Å². The number of fused-ring (bicyclic) bond motifs is 2. The number of halogens is 1. The number of carbonyl (C=O) groups excluding carboxylic acids is 2. The van der Waals surface area contributed by atoms with Crippen LogP contribution in [0.5, 0.6) is 0 Å². The molecule has 0 saturated carbocycles. The van der Waals surface area contributed by atoms with Gasteiger partial charge in [0, 0.05) is 40.0 Å². The van der Waals surface area contributed by atoms with Crippen LogP contribution in [0.25, 0.3) is 11.2 Å². The van der Waals surface area contributed by atoms with Crippen molar-refractivity contribution in [3.63, 3.8) is 0 Å². The van der Waals surface area contributed by atoms with Gasteiger partial charge in [-0.05, 0) is 52.6 Å². The number of ketones is 1. The number of nitrogens with one attached hydrogen (secondary N) is 1. The summed E-state index contributed by atoms with van der Waals surface area (Å²) in [6, 6.07) is 4.02. The predicted octanol–water partition coefficient (Wildman–Crippen LogP) is 3.46. The van der Waals surface area contributed by atoms with Gasteiger partial charge in [-0.25, -0.2) is 15.0 Å². The summed E-state index contributed by atoms with van der Waals surface area (Å²) in [5, 5.41) is 3.61. The maximum absolute atomic E-state index is 12.3. The number of nitrogens with zero attached hydrogens (tertiary/aromatic N) is 4. The molecular weight excluding hydrogens is 527 g/mol. The van der Waals surface area contributed by atoms with Gasteiger partial charge in [0.25, 0.3) is 0 Å². The summed E-state index contributed by atoms with van der Waals surface area (Å²) in [6.07, 6.45) is 3.07. The zero-order valence-electron chi connectivity index (χ0n) is 17.3. The number of imidazole rings is 1. The monoisotopic (exact) mass is 550 g/mol. The molecule has 0 atom stereocenters. The minimum atomic E-state index is -0.0220. The third-order valence-electron chi connectivity index (χ3n) is 5.08. The van der Waals surface area contributed by atoms with Crippen LogP contribution in [0, 0.1) is 9.49 Å². The molecule has 3 N–H and O–H groups in total. The van der Waals surface area contributed by atoms with E-state index in [1.54, 1.807) is 0 Å². The van der Waals surface area contributed by atoms with E-state index in [2.05, 4.69) is 62.8 Å². The second kappa shape index (κ2) is 9.11. The third kappa shape index (κ3) is 4.69. The van der Waals surface area contributed by atoms with Crippen LogP contribution < -0.4 is 11.1 Å². The lowest BCUT2D eigenvalue weighted by Crippen LogP contribution is -2.28. The van der Waals surface area contributed by atoms with Crippen molar-refractivity contribution in [3.8, 4) is 0 Å². The Morgan fingerprint density at radius 2 is 2.13 bits per heavy atom. The van der Waals surface area contributed by atoms with Crippen LogP contribution >= 0.6 is 34.4 Å². The molecule has 0 aliphatic heterocycles. The molecule has 0 bridgehead atoms. The molecule has 4 rings (SSSR count). The van der Waals surface area contributed by atoms with E-state index in [1.807, 2.05) is 10.6 Å². The highest BCUT2D eigenvalue weighted by Gasteiger charge is 2.23. The number of benzene rings is 1. The molecule has 2 heterocycles. The number of aryl methyl sites for hydroxylation is 2. The van der Waals surface area contributed by atoms with Crippen LogP contribution in [0.2, 0.25) is 0 Å². The van der Waals surface area contributed by atoms with Crippen LogP contribution in [-0.4, -0.2) is 37.8 Å². The second-order valence-electron chi connectivity index (χ2n) is 7.89. The van der Waals surface area contributed by atoms with E-state index in [0.717, 1.165) is 26.0 Å². The van der Waals surface area contributed by atoms with Gasteiger partial charge in [0.1, 0.15) is 6.33 Å². The molecule has 2 aromatic heterocycles. The highest BCUT2D eigenvalue weighted by atomic mass is 127. The van der Waals surface area contributed by atoms with Gasteiger partial charge in [-0.15, -0.1) is 0 Å². The Morgan fingerprint density at radius 3 is 2.90 bits per heavy atom. The van der Waals surface area contributed by atoms with Gasteiger partial charge in [-0.3, -0.25) is 9.59 Å². The molecule has 0 spiro atoms. The predicted molar refractivity (Wildman–Crippen MR) is 128 cm³/mol. The number of nitrogens with two attached hydrogens (primary N) is 1. The zero-order chi connectivity index (χ0) is 22.1. The van der Waals surface area contributed by atoms with Crippen molar-refractivity contribution in [2.24, 2.45) is 5.92 Å². The molecule has 0 fully saturated rings. The molecule has 10 heteroatoms. The molecule has 1 aliphatic carbocycles. The fourth-order valence-electron chi connectivity index (χ4n) is 3.45. The van der Waals surface area contributed by atoms with Crippen molar-refractivity contribution in [2.45, 2.75) is 49.7 Å². The van der Waals surface area contributed by atoms with Crippen molar-refractivity contribution in [1.82, 2.24) is 24.8 Å². The Hall–Kier alpha value is -2.21. The van der Waals surface area contributed by atoms with E-state index < -0.39 is 0 Å². The smallest absolute Gasteiger partial charge is 0.221 e. The molecule has 0 unspecified atom stereocenters. The normalized spacial score (nSPS) is 13.2.